The smallest absolute Gasteiger partial charge is 0.407 e. The monoisotopic (exact) mass is 507 g/mol. The van der Waals surface area contributed by atoms with Gasteiger partial charge in [-0.1, -0.05) is 26.8 Å². The molecule has 1 heterocycles. The maximum absolute atomic E-state index is 14.0. The van der Waals surface area contributed by atoms with Crippen molar-refractivity contribution in [3.05, 3.63) is 46.2 Å². The third-order valence-corrected chi connectivity index (χ3v) is 7.09. The van der Waals surface area contributed by atoms with Crippen molar-refractivity contribution in [1.82, 2.24) is 16.0 Å². The number of hydrogen-bond acceptors (Lipinski definition) is 6. The van der Waals surface area contributed by atoms with Gasteiger partial charge in [0.05, 0.1) is 23.1 Å². The van der Waals surface area contributed by atoms with Gasteiger partial charge in [0.15, 0.2) is 0 Å². The van der Waals surface area contributed by atoms with Crippen LogP contribution in [-0.4, -0.2) is 46.4 Å². The predicted octanol–water partition coefficient (Wildman–Crippen LogP) is 4.99. The van der Waals surface area contributed by atoms with E-state index < -0.39 is 23.8 Å². The summed E-state index contributed by atoms with van der Waals surface area (Å²) in [6, 6.07) is 4.14. The summed E-state index contributed by atoms with van der Waals surface area (Å²) in [6.07, 6.45) is 1.85. The first-order chi connectivity index (χ1) is 16.1. The Hall–Kier alpha value is -1.77. The Labute approximate surface area is 213 Å². The quantitative estimate of drug-likeness (QED) is 0.377. The average molecular weight is 508 g/mol. The van der Waals surface area contributed by atoms with Gasteiger partial charge in [0.2, 0.25) is 0 Å². The van der Waals surface area contributed by atoms with Crippen LogP contribution in [0.15, 0.2) is 29.3 Å². The molecule has 1 aromatic carbocycles. The van der Waals surface area contributed by atoms with Gasteiger partial charge in [0.25, 0.3) is 0 Å². The van der Waals surface area contributed by atoms with Crippen molar-refractivity contribution in [1.29, 1.82) is 0 Å². The van der Waals surface area contributed by atoms with Crippen molar-refractivity contribution in [3.8, 4) is 0 Å². The Bertz CT molecular complexity index is 914. The molecule has 3 atom stereocenters. The number of rotatable bonds is 9. The molecule has 1 aliphatic heterocycles. The van der Waals surface area contributed by atoms with E-state index in [-0.39, 0.29) is 23.2 Å². The summed E-state index contributed by atoms with van der Waals surface area (Å²) >= 11 is 1.82. The van der Waals surface area contributed by atoms with E-state index >= 15 is 0 Å². The highest BCUT2D eigenvalue weighted by atomic mass is 32.2. The van der Waals surface area contributed by atoms with Crippen molar-refractivity contribution in [2.45, 2.75) is 103 Å². The van der Waals surface area contributed by atoms with Crippen LogP contribution in [-0.2, 0) is 11.2 Å². The van der Waals surface area contributed by atoms with E-state index in [0.717, 1.165) is 24.8 Å². The molecule has 1 aliphatic carbocycles. The molecule has 1 amide bonds. The normalized spacial score (nSPS) is 21.1. The summed E-state index contributed by atoms with van der Waals surface area (Å²) in [6.45, 7) is 14.2. The van der Waals surface area contributed by atoms with Crippen LogP contribution in [0.25, 0.3) is 0 Å². The summed E-state index contributed by atoms with van der Waals surface area (Å²) in [4.78, 5) is 12.5. The lowest BCUT2D eigenvalue weighted by atomic mass is 9.92. The van der Waals surface area contributed by atoms with Crippen LogP contribution < -0.4 is 16.0 Å². The minimum absolute atomic E-state index is 0.160. The number of aliphatic hydroxyl groups is 1. The number of thioether (sulfide) groups is 1. The van der Waals surface area contributed by atoms with Crippen LogP contribution in [0, 0.1) is 18.2 Å². The van der Waals surface area contributed by atoms with E-state index in [2.05, 4.69) is 42.1 Å². The molecule has 8 heteroatoms. The van der Waals surface area contributed by atoms with Gasteiger partial charge in [0.1, 0.15) is 11.4 Å². The third-order valence-electron chi connectivity index (χ3n) is 6.10. The van der Waals surface area contributed by atoms with Gasteiger partial charge < -0.3 is 25.8 Å². The predicted molar refractivity (Wildman–Crippen MR) is 141 cm³/mol. The van der Waals surface area contributed by atoms with Gasteiger partial charge in [-0.2, -0.15) is 0 Å². The van der Waals surface area contributed by atoms with Crippen molar-refractivity contribution in [2.24, 2.45) is 5.41 Å². The van der Waals surface area contributed by atoms with Gasteiger partial charge in [0, 0.05) is 12.2 Å². The maximum Gasteiger partial charge on any atom is 0.407 e. The first-order valence-electron chi connectivity index (χ1n) is 12.5. The second-order valence-corrected chi connectivity index (χ2v) is 13.3. The molecule has 0 bridgehead atoms. The minimum Gasteiger partial charge on any atom is -0.444 e. The van der Waals surface area contributed by atoms with Gasteiger partial charge in [-0.3, -0.25) is 0 Å². The lowest BCUT2D eigenvalue weighted by molar-refractivity contribution is 0.0420. The van der Waals surface area contributed by atoms with Crippen LogP contribution in [0.4, 0.5) is 9.18 Å². The molecule has 196 valence electrons. The zero-order chi connectivity index (χ0) is 26.0. The van der Waals surface area contributed by atoms with E-state index in [9.17, 15) is 14.3 Å². The molecule has 6 nitrogen and oxygen atoms in total. The number of carbonyl (C=O) groups excluding carboxylic acids is 1. The van der Waals surface area contributed by atoms with Crippen molar-refractivity contribution in [3.63, 3.8) is 0 Å². The van der Waals surface area contributed by atoms with Crippen LogP contribution >= 0.6 is 11.8 Å². The van der Waals surface area contributed by atoms with E-state index in [1.807, 2.05) is 24.8 Å². The molecule has 0 saturated heterocycles. The van der Waals surface area contributed by atoms with Crippen LogP contribution in [0.3, 0.4) is 0 Å². The van der Waals surface area contributed by atoms with E-state index in [1.54, 1.807) is 20.8 Å². The van der Waals surface area contributed by atoms with E-state index in [1.165, 1.54) is 17.8 Å². The highest BCUT2D eigenvalue weighted by molar-refractivity contribution is 8.02. The lowest BCUT2D eigenvalue weighted by Crippen LogP contribution is -2.52. The minimum atomic E-state index is -0.886. The number of aliphatic hydroxyl groups excluding tert-OH is 1. The van der Waals surface area contributed by atoms with Crippen LogP contribution in [0.2, 0.25) is 0 Å². The number of hydrogen-bond donors (Lipinski definition) is 4. The highest BCUT2D eigenvalue weighted by Gasteiger charge is 2.48. The molecule has 0 radical (unpaired) electrons. The van der Waals surface area contributed by atoms with E-state index in [4.69, 9.17) is 4.74 Å². The Morgan fingerprint density at radius 1 is 1.26 bits per heavy atom. The summed E-state index contributed by atoms with van der Waals surface area (Å²) in [5.41, 5.74) is 2.11. The number of amides is 1. The van der Waals surface area contributed by atoms with Crippen LogP contribution in [0.5, 0.6) is 0 Å². The Morgan fingerprint density at radius 3 is 2.51 bits per heavy atom. The number of aryl methyl sites for hydroxylation is 1. The van der Waals surface area contributed by atoms with Gasteiger partial charge in [-0.25, -0.2) is 9.18 Å². The number of β-amino-alcohol motifs (C(OH)–C–C–N with tert-alkyl or cyclic N) is 1. The molecule has 1 saturated carbocycles. The standard InChI is InChI=1S/C27H42FN3O3S/c1-17-10-18(12-19(28)11-17)13-20(30-24(33)34-26(5,6)7)21(32)15-29-27(8-9-27)22-16-35-23(31-22)14-25(2,3)4/h10-12,16,20-21,23,29,31-32H,8-9,13-15H2,1-7H3,(H,30,33). The SMILES string of the molecule is Cc1cc(F)cc(CC(NC(=O)OC(C)(C)C)C(O)CNC2(C3=CSC(CC(C)(C)C)N3)CC2)c1. The third kappa shape index (κ3) is 8.69. The molecule has 2 aliphatic rings. The van der Waals surface area contributed by atoms with E-state index in [0.29, 0.717) is 17.5 Å². The van der Waals surface area contributed by atoms with Crippen LogP contribution in [0.1, 0.15) is 71.9 Å². The van der Waals surface area contributed by atoms with Crippen molar-refractivity contribution in [2.75, 3.05) is 6.54 Å². The number of carbonyl (C=O) groups is 1. The van der Waals surface area contributed by atoms with Gasteiger partial charge in [-0.15, -0.1) is 11.8 Å². The largest absolute Gasteiger partial charge is 0.444 e. The Morgan fingerprint density at radius 2 is 1.94 bits per heavy atom. The molecule has 0 spiro atoms. The fourth-order valence-electron chi connectivity index (χ4n) is 4.33. The molecular formula is C27H42FN3O3S. The Balaban J connectivity index is 1.64. The topological polar surface area (TPSA) is 82.6 Å². The fourth-order valence-corrected chi connectivity index (χ4v) is 5.72. The van der Waals surface area contributed by atoms with Crippen molar-refractivity contribution < 1.29 is 19.0 Å². The summed E-state index contributed by atoms with van der Waals surface area (Å²) < 4.78 is 19.4. The molecule has 4 N–H and O–H groups in total. The van der Waals surface area contributed by atoms with Gasteiger partial charge in [-0.05, 0) is 87.5 Å². The Kier molecular flexibility index (Phi) is 8.49. The second-order valence-electron chi connectivity index (χ2n) is 12.2. The second kappa shape index (κ2) is 10.7. The average Bonchev–Trinajstić information content (AvgIpc) is 3.33. The molecule has 1 fully saturated rings. The first kappa shape index (κ1) is 27.8. The molecule has 3 unspecified atom stereocenters. The number of benzene rings is 1. The number of halogens is 1. The zero-order valence-corrected chi connectivity index (χ0v) is 22.9. The summed E-state index contributed by atoms with van der Waals surface area (Å²) in [7, 11) is 0. The molecule has 0 aromatic heterocycles. The number of nitrogens with one attached hydrogen (secondary N) is 3. The summed E-state index contributed by atoms with van der Waals surface area (Å²) in [5, 5.41) is 23.7. The molecule has 35 heavy (non-hydrogen) atoms. The zero-order valence-electron chi connectivity index (χ0n) is 22.1. The maximum atomic E-state index is 14.0. The molecular weight excluding hydrogens is 465 g/mol. The number of ether oxygens (including phenoxy) is 1. The summed E-state index contributed by atoms with van der Waals surface area (Å²) in [5.74, 6) is -0.331. The van der Waals surface area contributed by atoms with Crippen molar-refractivity contribution >= 4 is 17.9 Å². The fraction of sp³-hybridized carbons (Fsp3) is 0.667. The van der Waals surface area contributed by atoms with Gasteiger partial charge >= 0.3 is 6.09 Å². The lowest BCUT2D eigenvalue weighted by Gasteiger charge is -2.29. The number of alkyl carbamates (subject to hydrolysis) is 1. The first-order valence-corrected chi connectivity index (χ1v) is 13.4. The highest BCUT2D eigenvalue weighted by Crippen LogP contribution is 2.45. The molecule has 3 rings (SSSR count). The molecule has 1 aromatic rings.